The highest BCUT2D eigenvalue weighted by Crippen LogP contribution is 2.39. The molecule has 2 N–H and O–H groups in total. The van der Waals surface area contributed by atoms with Crippen LogP contribution in [-0.2, 0) is 6.54 Å². The smallest absolute Gasteiger partial charge is 0.382 e. The Labute approximate surface area is 167 Å². The van der Waals surface area contributed by atoms with Gasteiger partial charge in [0.25, 0.3) is 0 Å². The van der Waals surface area contributed by atoms with E-state index in [2.05, 4.69) is 9.97 Å². The number of hydrogen-bond donors (Lipinski definition) is 2. The Kier molecular flexibility index (Phi) is 4.63. The first-order chi connectivity index (χ1) is 13.7. The maximum absolute atomic E-state index is 13.1. The van der Waals surface area contributed by atoms with Crippen molar-refractivity contribution in [2.45, 2.75) is 25.7 Å². The van der Waals surface area contributed by atoms with Gasteiger partial charge >= 0.3 is 6.18 Å². The van der Waals surface area contributed by atoms with Gasteiger partial charge in [-0.2, -0.15) is 13.2 Å². The van der Waals surface area contributed by atoms with Crippen LogP contribution in [0.15, 0.2) is 47.5 Å². The second-order valence-corrected chi connectivity index (χ2v) is 7.15. The van der Waals surface area contributed by atoms with Gasteiger partial charge < -0.3 is 14.7 Å². The minimum absolute atomic E-state index is 0.201. The Balaban J connectivity index is 2.11. The molecule has 0 aliphatic carbocycles. The minimum atomic E-state index is -4.76. The fourth-order valence-corrected chi connectivity index (χ4v) is 3.99. The lowest BCUT2D eigenvalue weighted by Crippen LogP contribution is -2.33. The third kappa shape index (κ3) is 3.28. The van der Waals surface area contributed by atoms with E-state index in [0.29, 0.717) is 38.6 Å². The highest BCUT2D eigenvalue weighted by molar-refractivity contribution is 6.37. The molecule has 4 aromatic rings. The van der Waals surface area contributed by atoms with E-state index >= 15 is 0 Å². The average molecular weight is 422 g/mol. The molecule has 29 heavy (non-hydrogen) atoms. The van der Waals surface area contributed by atoms with Crippen LogP contribution in [0.2, 0.25) is 5.02 Å². The van der Waals surface area contributed by atoms with E-state index in [1.54, 1.807) is 43.6 Å². The van der Waals surface area contributed by atoms with Crippen LogP contribution in [0, 0.1) is 6.92 Å². The van der Waals surface area contributed by atoms with E-state index in [9.17, 15) is 23.1 Å². The van der Waals surface area contributed by atoms with E-state index in [1.165, 1.54) is 10.6 Å². The zero-order valence-electron chi connectivity index (χ0n) is 15.1. The number of alkyl halides is 3. The second kappa shape index (κ2) is 6.89. The second-order valence-electron chi connectivity index (χ2n) is 6.74. The molecule has 1 aromatic carbocycles. The number of halogens is 4. The molecule has 1 atom stereocenters. The number of aromatic nitrogens is 3. The van der Waals surface area contributed by atoms with Crippen molar-refractivity contribution in [3.63, 3.8) is 0 Å². The number of aromatic amines is 1. The Morgan fingerprint density at radius 3 is 2.55 bits per heavy atom. The maximum Gasteiger partial charge on any atom is 0.416 e. The number of fused-ring (bicyclic) bond motifs is 3. The molecule has 5 nitrogen and oxygen atoms in total. The van der Waals surface area contributed by atoms with Gasteiger partial charge in [0.2, 0.25) is 5.56 Å². The van der Waals surface area contributed by atoms with Gasteiger partial charge in [0.05, 0.1) is 22.8 Å². The van der Waals surface area contributed by atoms with Crippen LogP contribution in [0.5, 0.6) is 0 Å². The first kappa shape index (κ1) is 19.5. The average Bonchev–Trinajstić information content (AvgIpc) is 2.93. The molecule has 0 saturated heterocycles. The topological polar surface area (TPSA) is 70.9 Å². The van der Waals surface area contributed by atoms with Crippen LogP contribution in [0.3, 0.4) is 0 Å². The van der Waals surface area contributed by atoms with Crippen molar-refractivity contribution < 1.29 is 18.3 Å². The summed E-state index contributed by atoms with van der Waals surface area (Å²) in [6.45, 7) is 1.09. The van der Waals surface area contributed by atoms with Crippen molar-refractivity contribution >= 4 is 33.4 Å². The van der Waals surface area contributed by atoms with Gasteiger partial charge in [-0.25, -0.2) is 0 Å². The molecule has 9 heteroatoms. The lowest BCUT2D eigenvalue weighted by Gasteiger charge is -2.18. The number of benzene rings is 1. The van der Waals surface area contributed by atoms with Gasteiger partial charge in [-0.05, 0) is 36.8 Å². The number of H-pyrrole nitrogens is 1. The van der Waals surface area contributed by atoms with E-state index in [1.807, 2.05) is 0 Å². The summed E-state index contributed by atoms with van der Waals surface area (Å²) in [6.07, 6.45) is -4.22. The summed E-state index contributed by atoms with van der Waals surface area (Å²) < 4.78 is 40.7. The molecule has 3 aromatic heterocycles. The Morgan fingerprint density at radius 1 is 1.21 bits per heavy atom. The van der Waals surface area contributed by atoms with Crippen LogP contribution >= 0.6 is 11.6 Å². The van der Waals surface area contributed by atoms with Crippen LogP contribution < -0.4 is 5.56 Å². The fourth-order valence-electron chi connectivity index (χ4n) is 3.69. The summed E-state index contributed by atoms with van der Waals surface area (Å²) in [5.74, 6) is 0. The first-order valence-electron chi connectivity index (χ1n) is 8.68. The molecule has 0 amide bonds. The van der Waals surface area contributed by atoms with Gasteiger partial charge in [-0.3, -0.25) is 9.78 Å². The van der Waals surface area contributed by atoms with Gasteiger partial charge in [0.15, 0.2) is 6.10 Å². The summed E-state index contributed by atoms with van der Waals surface area (Å²) in [7, 11) is 0. The van der Waals surface area contributed by atoms with Gasteiger partial charge in [-0.15, -0.1) is 0 Å². The van der Waals surface area contributed by atoms with Crippen molar-refractivity contribution in [1.82, 2.24) is 14.5 Å². The summed E-state index contributed by atoms with van der Waals surface area (Å²) in [5.41, 5.74) is 2.42. The summed E-state index contributed by atoms with van der Waals surface area (Å²) in [6, 6.07) is 7.81. The first-order valence-corrected chi connectivity index (χ1v) is 9.06. The van der Waals surface area contributed by atoms with E-state index < -0.39 is 18.8 Å². The number of nitrogens with one attached hydrogen (secondary N) is 1. The number of nitrogens with zero attached hydrogens (tertiary/aromatic N) is 2. The number of pyridine rings is 2. The quantitative estimate of drug-likeness (QED) is 0.514. The van der Waals surface area contributed by atoms with Crippen molar-refractivity contribution in [3.8, 4) is 11.3 Å². The Bertz CT molecular complexity index is 1280. The predicted molar refractivity (Wildman–Crippen MR) is 105 cm³/mol. The van der Waals surface area contributed by atoms with E-state index in [-0.39, 0.29) is 10.6 Å². The molecular weight excluding hydrogens is 407 g/mol. The SMILES string of the molecule is Cc1c(-c2ccncc2)n(CC(O)C(F)(F)F)c2ccc3[nH]c(=O)cc(Cl)c3c12. The van der Waals surface area contributed by atoms with Crippen LogP contribution in [0.1, 0.15) is 5.56 Å². The van der Waals surface area contributed by atoms with E-state index in [4.69, 9.17) is 11.6 Å². The molecular formula is C20H15ClF3N3O2. The van der Waals surface area contributed by atoms with Crippen molar-refractivity contribution in [2.75, 3.05) is 0 Å². The number of aryl methyl sites for hydroxylation is 1. The molecule has 0 bridgehead atoms. The molecule has 0 aliphatic heterocycles. The number of hydrogen-bond acceptors (Lipinski definition) is 3. The molecule has 0 fully saturated rings. The summed E-state index contributed by atoms with van der Waals surface area (Å²) in [4.78, 5) is 18.4. The molecule has 3 heterocycles. The predicted octanol–water partition coefficient (Wildman–Crippen LogP) is 4.43. The highest BCUT2D eigenvalue weighted by atomic mass is 35.5. The monoisotopic (exact) mass is 421 g/mol. The zero-order chi connectivity index (χ0) is 20.9. The molecule has 0 saturated carbocycles. The number of rotatable bonds is 3. The van der Waals surface area contributed by atoms with Crippen molar-refractivity contribution in [1.29, 1.82) is 0 Å². The third-order valence-corrected chi connectivity index (χ3v) is 5.21. The van der Waals surface area contributed by atoms with Crippen LogP contribution in [-0.4, -0.2) is 31.9 Å². The molecule has 150 valence electrons. The zero-order valence-corrected chi connectivity index (χ0v) is 15.8. The van der Waals surface area contributed by atoms with Gasteiger partial charge in [0.1, 0.15) is 0 Å². The fraction of sp³-hybridized carbons (Fsp3) is 0.200. The molecule has 4 rings (SSSR count). The number of aliphatic hydroxyl groups is 1. The molecule has 0 spiro atoms. The minimum Gasteiger partial charge on any atom is -0.382 e. The Hall–Kier alpha value is -2.84. The summed E-state index contributed by atoms with van der Waals surface area (Å²) in [5, 5.41) is 11.1. The lowest BCUT2D eigenvalue weighted by molar-refractivity contribution is -0.207. The third-order valence-electron chi connectivity index (χ3n) is 4.92. The van der Waals surface area contributed by atoms with Gasteiger partial charge in [-0.1, -0.05) is 11.6 Å². The molecule has 0 radical (unpaired) electrons. The Morgan fingerprint density at radius 2 is 1.90 bits per heavy atom. The van der Waals surface area contributed by atoms with Crippen molar-refractivity contribution in [3.05, 3.63) is 63.7 Å². The number of aliphatic hydroxyl groups excluding tert-OH is 1. The lowest BCUT2D eigenvalue weighted by atomic mass is 10.0. The van der Waals surface area contributed by atoms with Crippen LogP contribution in [0.4, 0.5) is 13.2 Å². The molecule has 1 unspecified atom stereocenters. The van der Waals surface area contributed by atoms with Crippen molar-refractivity contribution in [2.24, 2.45) is 0 Å². The highest BCUT2D eigenvalue weighted by Gasteiger charge is 2.39. The largest absolute Gasteiger partial charge is 0.416 e. The van der Waals surface area contributed by atoms with Gasteiger partial charge in [0, 0.05) is 40.3 Å². The maximum atomic E-state index is 13.1. The summed E-state index contributed by atoms with van der Waals surface area (Å²) >= 11 is 6.33. The van der Waals surface area contributed by atoms with E-state index in [0.717, 1.165) is 0 Å². The molecule has 0 aliphatic rings. The normalized spacial score (nSPS) is 13.3. The standard InChI is InChI=1S/C20H15ClF3N3O2/c1-10-17-14(3-2-13-18(17)12(21)8-16(29)26-13)27(9-15(28)20(22,23)24)19(10)11-4-6-25-7-5-11/h2-8,15,28H,9H2,1H3,(H,26,29). The van der Waals surface area contributed by atoms with Crippen LogP contribution in [0.25, 0.3) is 33.1 Å².